The van der Waals surface area contributed by atoms with Crippen LogP contribution in [0.5, 0.6) is 0 Å². The Hall–Kier alpha value is -2.34. The van der Waals surface area contributed by atoms with Crippen molar-refractivity contribution < 1.29 is 14.3 Å². The average molecular weight is 317 g/mol. The molecule has 6 nitrogen and oxygen atoms in total. The molecular formula is C17H23N3O3. The fourth-order valence-electron chi connectivity index (χ4n) is 2.19. The van der Waals surface area contributed by atoms with Gasteiger partial charge in [0.1, 0.15) is 0 Å². The van der Waals surface area contributed by atoms with Crippen LogP contribution in [0.15, 0.2) is 40.9 Å². The molecule has 2 aromatic rings. The number of aromatic nitrogens is 1. The van der Waals surface area contributed by atoms with Gasteiger partial charge in [0, 0.05) is 18.2 Å². The molecule has 1 aromatic heterocycles. The first-order valence-corrected chi connectivity index (χ1v) is 7.70. The van der Waals surface area contributed by atoms with E-state index < -0.39 is 6.10 Å². The van der Waals surface area contributed by atoms with Gasteiger partial charge in [-0.05, 0) is 20.8 Å². The third kappa shape index (κ3) is 4.82. The Morgan fingerprint density at radius 1 is 1.30 bits per heavy atom. The summed E-state index contributed by atoms with van der Waals surface area (Å²) in [5.74, 6) is 1.11. The molecule has 0 aliphatic heterocycles. The Labute approximate surface area is 136 Å². The molecule has 6 heteroatoms. The molecule has 1 aromatic carbocycles. The Kier molecular flexibility index (Phi) is 5.76. The zero-order valence-corrected chi connectivity index (χ0v) is 13.7. The minimum absolute atomic E-state index is 0.00552. The lowest BCUT2D eigenvalue weighted by atomic mass is 10.2. The molecule has 2 rings (SSSR count). The normalized spacial score (nSPS) is 12.2. The zero-order valence-electron chi connectivity index (χ0n) is 13.7. The van der Waals surface area contributed by atoms with Crippen molar-refractivity contribution in [1.29, 1.82) is 0 Å². The SMILES string of the molecule is CC(O)CN(C(=O)NCc1ncc(-c2ccccc2)o1)C(C)C. The number of aliphatic hydroxyl groups excluding tert-OH is 1. The smallest absolute Gasteiger partial charge is 0.318 e. The number of carbonyl (C=O) groups is 1. The van der Waals surface area contributed by atoms with Crippen molar-refractivity contribution in [2.24, 2.45) is 0 Å². The van der Waals surface area contributed by atoms with E-state index in [0.29, 0.717) is 11.7 Å². The summed E-state index contributed by atoms with van der Waals surface area (Å²) >= 11 is 0. The van der Waals surface area contributed by atoms with Crippen LogP contribution in [0.25, 0.3) is 11.3 Å². The first kappa shape index (κ1) is 17.0. The topological polar surface area (TPSA) is 78.6 Å². The van der Waals surface area contributed by atoms with Crippen molar-refractivity contribution in [2.45, 2.75) is 39.5 Å². The first-order valence-electron chi connectivity index (χ1n) is 7.70. The van der Waals surface area contributed by atoms with Crippen molar-refractivity contribution >= 4 is 6.03 Å². The number of nitrogens with one attached hydrogen (secondary N) is 1. The second kappa shape index (κ2) is 7.78. The highest BCUT2D eigenvalue weighted by molar-refractivity contribution is 5.74. The van der Waals surface area contributed by atoms with Gasteiger partial charge in [-0.3, -0.25) is 0 Å². The van der Waals surface area contributed by atoms with Gasteiger partial charge in [-0.15, -0.1) is 0 Å². The van der Waals surface area contributed by atoms with Crippen LogP contribution in [0.1, 0.15) is 26.7 Å². The Balaban J connectivity index is 1.95. The molecule has 1 unspecified atom stereocenters. The maximum Gasteiger partial charge on any atom is 0.318 e. The maximum atomic E-state index is 12.2. The van der Waals surface area contributed by atoms with E-state index in [1.807, 2.05) is 44.2 Å². The summed E-state index contributed by atoms with van der Waals surface area (Å²) in [5.41, 5.74) is 0.940. The number of nitrogens with zero attached hydrogens (tertiary/aromatic N) is 2. The summed E-state index contributed by atoms with van der Waals surface area (Å²) in [6, 6.07) is 9.40. The molecule has 0 aliphatic rings. The molecule has 0 bridgehead atoms. The van der Waals surface area contributed by atoms with E-state index in [4.69, 9.17) is 4.42 Å². The molecular weight excluding hydrogens is 294 g/mol. The van der Waals surface area contributed by atoms with Crippen LogP contribution >= 0.6 is 0 Å². The molecule has 0 saturated carbocycles. The fraction of sp³-hybridized carbons (Fsp3) is 0.412. The van der Waals surface area contributed by atoms with Crippen molar-refractivity contribution in [3.05, 3.63) is 42.4 Å². The lowest BCUT2D eigenvalue weighted by Crippen LogP contribution is -2.46. The number of rotatable bonds is 6. The number of oxazole rings is 1. The molecule has 0 spiro atoms. The highest BCUT2D eigenvalue weighted by atomic mass is 16.4. The van der Waals surface area contributed by atoms with Gasteiger partial charge in [0.05, 0.1) is 18.8 Å². The van der Waals surface area contributed by atoms with Crippen LogP contribution in [0, 0.1) is 0 Å². The second-order valence-electron chi connectivity index (χ2n) is 5.74. The van der Waals surface area contributed by atoms with Gasteiger partial charge in [0.2, 0.25) is 5.89 Å². The highest BCUT2D eigenvalue weighted by Gasteiger charge is 2.19. The van der Waals surface area contributed by atoms with E-state index in [1.165, 1.54) is 0 Å². The first-order chi connectivity index (χ1) is 11.0. The van der Waals surface area contributed by atoms with Crippen molar-refractivity contribution in [3.63, 3.8) is 0 Å². The van der Waals surface area contributed by atoms with E-state index in [9.17, 15) is 9.90 Å². The van der Waals surface area contributed by atoms with E-state index in [0.717, 1.165) is 5.56 Å². The lowest BCUT2D eigenvalue weighted by molar-refractivity contribution is 0.118. The summed E-state index contributed by atoms with van der Waals surface area (Å²) < 4.78 is 5.65. The largest absolute Gasteiger partial charge is 0.439 e. The van der Waals surface area contributed by atoms with Crippen LogP contribution < -0.4 is 5.32 Å². The maximum absolute atomic E-state index is 12.2. The van der Waals surface area contributed by atoms with Gasteiger partial charge in [-0.1, -0.05) is 30.3 Å². The molecule has 0 fully saturated rings. The number of benzene rings is 1. The van der Waals surface area contributed by atoms with Gasteiger partial charge in [-0.2, -0.15) is 0 Å². The van der Waals surface area contributed by atoms with E-state index in [1.54, 1.807) is 18.0 Å². The van der Waals surface area contributed by atoms with Crippen molar-refractivity contribution in [1.82, 2.24) is 15.2 Å². The Morgan fingerprint density at radius 3 is 2.61 bits per heavy atom. The third-order valence-corrected chi connectivity index (χ3v) is 3.35. The molecule has 2 amide bonds. The molecule has 1 heterocycles. The molecule has 0 radical (unpaired) electrons. The molecule has 23 heavy (non-hydrogen) atoms. The predicted molar refractivity (Wildman–Crippen MR) is 87.7 cm³/mol. The summed E-state index contributed by atoms with van der Waals surface area (Å²) in [6.07, 6.45) is 1.07. The summed E-state index contributed by atoms with van der Waals surface area (Å²) in [6.45, 7) is 5.95. The highest BCUT2D eigenvalue weighted by Crippen LogP contribution is 2.19. The quantitative estimate of drug-likeness (QED) is 0.858. The lowest BCUT2D eigenvalue weighted by Gasteiger charge is -2.27. The van der Waals surface area contributed by atoms with Gasteiger partial charge in [-0.25, -0.2) is 9.78 Å². The van der Waals surface area contributed by atoms with Crippen molar-refractivity contribution in [3.8, 4) is 11.3 Å². The fourth-order valence-corrected chi connectivity index (χ4v) is 2.19. The number of hydrogen-bond acceptors (Lipinski definition) is 4. The summed E-state index contributed by atoms with van der Waals surface area (Å²) in [4.78, 5) is 18.0. The van der Waals surface area contributed by atoms with Gasteiger partial charge in [0.25, 0.3) is 0 Å². The average Bonchev–Trinajstić information content (AvgIpc) is 2.99. The van der Waals surface area contributed by atoms with E-state index >= 15 is 0 Å². The second-order valence-corrected chi connectivity index (χ2v) is 5.74. The van der Waals surface area contributed by atoms with Crippen molar-refractivity contribution in [2.75, 3.05) is 6.54 Å². The van der Waals surface area contributed by atoms with E-state index in [-0.39, 0.29) is 25.2 Å². The van der Waals surface area contributed by atoms with Gasteiger partial charge >= 0.3 is 6.03 Å². The Morgan fingerprint density at radius 2 is 2.00 bits per heavy atom. The summed E-state index contributed by atoms with van der Waals surface area (Å²) in [5, 5.41) is 12.3. The van der Waals surface area contributed by atoms with Gasteiger partial charge in [0.15, 0.2) is 5.76 Å². The predicted octanol–water partition coefficient (Wildman–Crippen LogP) is 2.64. The monoisotopic (exact) mass is 317 g/mol. The molecule has 1 atom stereocenters. The van der Waals surface area contributed by atoms with E-state index in [2.05, 4.69) is 10.3 Å². The standard InChI is InChI=1S/C17H23N3O3/c1-12(2)20(11-13(3)21)17(22)19-10-16-18-9-15(23-16)14-7-5-4-6-8-14/h4-9,12-13,21H,10-11H2,1-3H3,(H,19,22). The molecule has 0 saturated heterocycles. The number of carbonyl (C=O) groups excluding carboxylic acids is 1. The van der Waals surface area contributed by atoms with Crippen LogP contribution in [0.4, 0.5) is 4.79 Å². The van der Waals surface area contributed by atoms with Crippen LogP contribution in [-0.2, 0) is 6.54 Å². The number of amides is 2. The molecule has 2 N–H and O–H groups in total. The van der Waals surface area contributed by atoms with Crippen LogP contribution in [0.2, 0.25) is 0 Å². The van der Waals surface area contributed by atoms with Crippen LogP contribution in [0.3, 0.4) is 0 Å². The zero-order chi connectivity index (χ0) is 16.8. The molecule has 124 valence electrons. The minimum Gasteiger partial charge on any atom is -0.439 e. The summed E-state index contributed by atoms with van der Waals surface area (Å²) in [7, 11) is 0. The number of aliphatic hydroxyl groups is 1. The minimum atomic E-state index is -0.574. The van der Waals surface area contributed by atoms with Crippen LogP contribution in [-0.4, -0.2) is 39.7 Å². The van der Waals surface area contributed by atoms with Gasteiger partial charge < -0.3 is 19.7 Å². The third-order valence-electron chi connectivity index (χ3n) is 3.35. The Bertz CT molecular complexity index is 623. The number of urea groups is 1. The number of hydrogen-bond donors (Lipinski definition) is 2. The molecule has 0 aliphatic carbocycles.